The average molecular weight is 549 g/mol. The third-order valence-electron chi connectivity index (χ3n) is 8.07. The maximum Gasteiger partial charge on any atom is 0.232 e. The Kier molecular flexibility index (Phi) is 8.17. The van der Waals surface area contributed by atoms with Crippen LogP contribution >= 0.6 is 11.6 Å². The highest BCUT2D eigenvalue weighted by atomic mass is 35.5. The van der Waals surface area contributed by atoms with Crippen molar-refractivity contribution >= 4 is 23.2 Å². The van der Waals surface area contributed by atoms with Crippen molar-refractivity contribution in [3.63, 3.8) is 0 Å². The van der Waals surface area contributed by atoms with Crippen molar-refractivity contribution in [3.05, 3.63) is 87.9 Å². The molecule has 1 saturated heterocycles. The molecule has 1 N–H and O–H groups in total. The van der Waals surface area contributed by atoms with Crippen LogP contribution in [0, 0.1) is 0 Å². The number of rotatable bonds is 8. The minimum Gasteiger partial charge on any atom is -0.493 e. The number of carbonyl (C=O) groups excluding carboxylic acids is 1. The van der Waals surface area contributed by atoms with E-state index in [4.69, 9.17) is 21.1 Å². The van der Waals surface area contributed by atoms with E-state index in [1.54, 1.807) is 7.11 Å². The number of hydrogen-bond donors (Lipinski definition) is 1. The quantitative estimate of drug-likeness (QED) is 0.356. The van der Waals surface area contributed by atoms with E-state index in [9.17, 15) is 9.90 Å². The fourth-order valence-electron chi connectivity index (χ4n) is 5.62. The monoisotopic (exact) mass is 548 g/mol. The Balaban J connectivity index is 1.56. The van der Waals surface area contributed by atoms with E-state index < -0.39 is 0 Å². The van der Waals surface area contributed by atoms with Gasteiger partial charge in [0.05, 0.1) is 31.8 Å². The fourth-order valence-corrected chi connectivity index (χ4v) is 5.75. The van der Waals surface area contributed by atoms with Gasteiger partial charge in [-0.3, -0.25) is 9.69 Å². The largest absolute Gasteiger partial charge is 0.493 e. The van der Waals surface area contributed by atoms with Crippen LogP contribution in [0.1, 0.15) is 68.0 Å². The number of anilines is 1. The molecule has 3 aromatic carbocycles. The molecule has 206 valence electrons. The normalized spacial score (nSPS) is 21.0. The molecule has 2 aliphatic rings. The van der Waals surface area contributed by atoms with E-state index in [2.05, 4.69) is 30.9 Å². The highest BCUT2D eigenvalue weighted by Crippen LogP contribution is 2.44. The molecular formula is C32H37ClN2O4. The molecule has 4 atom stereocenters. The smallest absolute Gasteiger partial charge is 0.232 e. The second-order valence-corrected chi connectivity index (χ2v) is 11.1. The van der Waals surface area contributed by atoms with E-state index in [1.807, 2.05) is 60.4 Å². The minimum absolute atomic E-state index is 0.0172. The van der Waals surface area contributed by atoms with Gasteiger partial charge < -0.3 is 19.5 Å². The van der Waals surface area contributed by atoms with Gasteiger partial charge in [-0.25, -0.2) is 0 Å². The standard InChI is InChI=1S/C32H37ClN2O4/c1-5-20(2)39-30-18-28-24(16-29(30)38-4)17-31(37)35(32(28)23-6-10-25(33)11-7-23)26-12-8-22(9-13-26)21(3)34-15-14-27(36)19-34/h6-13,16,18,20-21,27,32,36H,5,14-15,17,19H2,1-4H3/t20-,21?,27+,32?/m1/s1. The van der Waals surface area contributed by atoms with Gasteiger partial charge in [-0.15, -0.1) is 0 Å². The molecule has 0 aromatic heterocycles. The summed E-state index contributed by atoms with van der Waals surface area (Å²) in [6.45, 7) is 7.86. The number of halogens is 1. The topological polar surface area (TPSA) is 62.2 Å². The Bertz CT molecular complexity index is 1310. The number of aliphatic hydroxyl groups is 1. The molecule has 0 saturated carbocycles. The number of carbonyl (C=O) groups is 1. The van der Waals surface area contributed by atoms with Crippen molar-refractivity contribution in [3.8, 4) is 11.5 Å². The predicted molar refractivity (Wildman–Crippen MR) is 155 cm³/mol. The summed E-state index contributed by atoms with van der Waals surface area (Å²) in [5.74, 6) is 1.33. The molecule has 2 unspecified atom stereocenters. The zero-order valence-corrected chi connectivity index (χ0v) is 23.8. The van der Waals surface area contributed by atoms with Crippen LogP contribution in [0.3, 0.4) is 0 Å². The lowest BCUT2D eigenvalue weighted by molar-refractivity contribution is -0.118. The molecule has 7 heteroatoms. The average Bonchev–Trinajstić information content (AvgIpc) is 3.38. The molecule has 2 aliphatic heterocycles. The third-order valence-corrected chi connectivity index (χ3v) is 8.33. The molecule has 39 heavy (non-hydrogen) atoms. The van der Waals surface area contributed by atoms with Gasteiger partial charge in [0.15, 0.2) is 11.5 Å². The molecule has 5 rings (SSSR count). The van der Waals surface area contributed by atoms with Gasteiger partial charge >= 0.3 is 0 Å². The highest BCUT2D eigenvalue weighted by Gasteiger charge is 2.36. The summed E-state index contributed by atoms with van der Waals surface area (Å²) in [5, 5.41) is 10.6. The van der Waals surface area contributed by atoms with Gasteiger partial charge in [0.2, 0.25) is 5.91 Å². The summed E-state index contributed by atoms with van der Waals surface area (Å²) in [5.41, 5.74) is 4.91. The number of amides is 1. The second kappa shape index (κ2) is 11.6. The van der Waals surface area contributed by atoms with Crippen LogP contribution in [0.5, 0.6) is 11.5 Å². The summed E-state index contributed by atoms with van der Waals surface area (Å²) < 4.78 is 11.9. The Labute approximate surface area is 236 Å². The van der Waals surface area contributed by atoms with Crippen molar-refractivity contribution in [2.45, 2.75) is 64.3 Å². The second-order valence-electron chi connectivity index (χ2n) is 10.6. The van der Waals surface area contributed by atoms with Crippen LogP contribution in [-0.2, 0) is 11.2 Å². The van der Waals surface area contributed by atoms with Gasteiger partial charge in [0.1, 0.15) is 0 Å². The molecule has 0 aliphatic carbocycles. The lowest BCUT2D eigenvalue weighted by Gasteiger charge is -2.38. The Hall–Kier alpha value is -3.06. The van der Waals surface area contributed by atoms with Gasteiger partial charge in [-0.1, -0.05) is 42.8 Å². The molecule has 2 heterocycles. The summed E-state index contributed by atoms with van der Waals surface area (Å²) in [6, 6.07) is 19.8. The summed E-state index contributed by atoms with van der Waals surface area (Å²) in [7, 11) is 1.63. The number of ether oxygens (including phenoxy) is 2. The van der Waals surface area contributed by atoms with E-state index >= 15 is 0 Å². The van der Waals surface area contributed by atoms with Crippen molar-refractivity contribution in [1.82, 2.24) is 4.90 Å². The van der Waals surface area contributed by atoms with Crippen molar-refractivity contribution in [2.75, 3.05) is 25.1 Å². The number of nitrogens with zero attached hydrogens (tertiary/aromatic N) is 2. The summed E-state index contributed by atoms with van der Waals surface area (Å²) in [6.07, 6.45) is 1.71. The molecule has 3 aromatic rings. The molecule has 0 bridgehead atoms. The molecule has 1 fully saturated rings. The molecular weight excluding hydrogens is 512 g/mol. The number of methoxy groups -OCH3 is 1. The summed E-state index contributed by atoms with van der Waals surface area (Å²) >= 11 is 6.24. The van der Waals surface area contributed by atoms with Crippen LogP contribution < -0.4 is 14.4 Å². The van der Waals surface area contributed by atoms with Crippen LogP contribution in [-0.4, -0.2) is 48.3 Å². The SMILES string of the molecule is CC[C@@H](C)Oc1cc2c(cc1OC)CC(=O)N(c1ccc(C(C)N3CC[C@H](O)C3)cc1)C2c1ccc(Cl)cc1. The van der Waals surface area contributed by atoms with Crippen LogP contribution in [0.2, 0.25) is 5.02 Å². The first-order valence-corrected chi connectivity index (χ1v) is 14.1. The minimum atomic E-state index is -0.347. The van der Waals surface area contributed by atoms with E-state index in [1.165, 1.54) is 0 Å². The first-order valence-electron chi connectivity index (χ1n) is 13.8. The molecule has 0 radical (unpaired) electrons. The Morgan fingerprint density at radius 3 is 2.38 bits per heavy atom. The van der Waals surface area contributed by atoms with Crippen molar-refractivity contribution < 1.29 is 19.4 Å². The first kappa shape index (κ1) is 27.5. The van der Waals surface area contributed by atoms with Gasteiger partial charge in [0, 0.05) is 29.8 Å². The lowest BCUT2D eigenvalue weighted by atomic mass is 9.86. The number of β-amino-alcohol motifs (C(OH)–C–C–N with tert-alkyl or cyclic N) is 1. The summed E-state index contributed by atoms with van der Waals surface area (Å²) in [4.78, 5) is 18.0. The number of fused-ring (bicyclic) bond motifs is 1. The number of hydrogen-bond acceptors (Lipinski definition) is 5. The maximum absolute atomic E-state index is 13.8. The van der Waals surface area contributed by atoms with Crippen LogP contribution in [0.4, 0.5) is 5.69 Å². The van der Waals surface area contributed by atoms with Gasteiger partial charge in [-0.2, -0.15) is 0 Å². The number of aliphatic hydroxyl groups excluding tert-OH is 1. The first-order chi connectivity index (χ1) is 18.8. The number of benzene rings is 3. The maximum atomic E-state index is 13.8. The van der Waals surface area contributed by atoms with E-state index in [0.717, 1.165) is 47.3 Å². The van der Waals surface area contributed by atoms with E-state index in [0.29, 0.717) is 23.1 Å². The molecule has 0 spiro atoms. The number of likely N-dealkylation sites (tertiary alicyclic amines) is 1. The lowest BCUT2D eigenvalue weighted by Crippen LogP contribution is -2.41. The van der Waals surface area contributed by atoms with Gasteiger partial charge in [-0.05, 0) is 85.3 Å². The van der Waals surface area contributed by atoms with Crippen LogP contribution in [0.25, 0.3) is 0 Å². The molecule has 1 amide bonds. The molecule has 6 nitrogen and oxygen atoms in total. The highest BCUT2D eigenvalue weighted by molar-refractivity contribution is 6.30. The predicted octanol–water partition coefficient (Wildman–Crippen LogP) is 6.33. The Morgan fingerprint density at radius 2 is 1.77 bits per heavy atom. The third kappa shape index (κ3) is 5.65. The van der Waals surface area contributed by atoms with E-state index in [-0.39, 0.29) is 36.6 Å². The van der Waals surface area contributed by atoms with Crippen molar-refractivity contribution in [1.29, 1.82) is 0 Å². The Morgan fingerprint density at radius 1 is 1.05 bits per heavy atom. The zero-order chi connectivity index (χ0) is 27.7. The van der Waals surface area contributed by atoms with Gasteiger partial charge in [0.25, 0.3) is 0 Å². The van der Waals surface area contributed by atoms with Crippen LogP contribution in [0.15, 0.2) is 60.7 Å². The van der Waals surface area contributed by atoms with Crippen molar-refractivity contribution in [2.24, 2.45) is 0 Å². The zero-order valence-electron chi connectivity index (χ0n) is 23.1. The fraction of sp³-hybridized carbons (Fsp3) is 0.406.